The molecule has 13 heteroatoms. The van der Waals surface area contributed by atoms with Gasteiger partial charge < -0.3 is 30.3 Å². The van der Waals surface area contributed by atoms with Gasteiger partial charge in [0.2, 0.25) is 0 Å². The van der Waals surface area contributed by atoms with Crippen molar-refractivity contribution in [2.45, 2.75) is 32.1 Å². The first-order chi connectivity index (χ1) is 22.6. The molecular weight excluding hydrogens is 628 g/mol. The molecule has 0 radical (unpaired) electrons. The van der Waals surface area contributed by atoms with Crippen LogP contribution < -0.4 is 15.8 Å². The monoisotopic (exact) mass is 667 g/mol. The first kappa shape index (κ1) is 35.3. The van der Waals surface area contributed by atoms with Crippen LogP contribution in [0.4, 0.5) is 14.5 Å². The number of aliphatic imine (C=N–C) groups is 1. The molecule has 1 aromatic heterocycles. The molecule has 1 saturated heterocycles. The average molecular weight is 668 g/mol. The lowest BCUT2D eigenvalue weighted by Gasteiger charge is -2.31. The SMILES string of the molecule is C=C/C=N\C(=C(\C(=C)N)C(=O)Nc1cn(C2CCN(CCOCc3ccccc3)CC2)nc1-c1cc(Cl)ccc1OC(F)F)N(C)C. The molecule has 2 heterocycles. The fraction of sp³-hybridized carbons (Fsp3) is 0.324. The number of alkyl halides is 2. The van der Waals surface area contributed by atoms with Gasteiger partial charge in [-0.15, -0.1) is 0 Å². The van der Waals surface area contributed by atoms with Crippen molar-refractivity contribution in [2.75, 3.05) is 45.7 Å². The second kappa shape index (κ2) is 16.9. The summed E-state index contributed by atoms with van der Waals surface area (Å²) in [4.78, 5) is 22.0. The summed E-state index contributed by atoms with van der Waals surface area (Å²) in [7, 11) is 3.41. The lowest BCUT2D eigenvalue weighted by atomic mass is 10.1. The van der Waals surface area contributed by atoms with Crippen LogP contribution in [-0.2, 0) is 16.1 Å². The number of benzene rings is 2. The van der Waals surface area contributed by atoms with Crippen molar-refractivity contribution in [2.24, 2.45) is 10.7 Å². The highest BCUT2D eigenvalue weighted by Gasteiger charge is 2.27. The van der Waals surface area contributed by atoms with Crippen molar-refractivity contribution in [1.82, 2.24) is 19.6 Å². The lowest BCUT2D eigenvalue weighted by molar-refractivity contribution is -0.112. The Labute approximate surface area is 278 Å². The number of allylic oxidation sites excluding steroid dienone is 1. The summed E-state index contributed by atoms with van der Waals surface area (Å²) in [5.41, 5.74) is 7.83. The van der Waals surface area contributed by atoms with E-state index in [4.69, 9.17) is 31.9 Å². The first-order valence-electron chi connectivity index (χ1n) is 15.1. The molecular formula is C34H40ClF2N7O3. The number of nitrogens with zero attached hydrogens (tertiary/aromatic N) is 5. The molecule has 0 unspecified atom stereocenters. The van der Waals surface area contributed by atoms with Crippen molar-refractivity contribution in [1.29, 1.82) is 0 Å². The summed E-state index contributed by atoms with van der Waals surface area (Å²) >= 11 is 6.29. The lowest BCUT2D eigenvalue weighted by Crippen LogP contribution is -2.36. The van der Waals surface area contributed by atoms with Crippen LogP contribution in [0.15, 0.2) is 96.0 Å². The second-order valence-corrected chi connectivity index (χ2v) is 11.5. The number of rotatable bonds is 15. The Morgan fingerprint density at radius 2 is 1.96 bits per heavy atom. The van der Waals surface area contributed by atoms with Gasteiger partial charge in [-0.3, -0.25) is 9.48 Å². The number of likely N-dealkylation sites (tertiary alicyclic amines) is 1. The number of nitrogens with one attached hydrogen (secondary N) is 1. The van der Waals surface area contributed by atoms with E-state index in [0.717, 1.165) is 38.0 Å². The number of anilines is 1. The third-order valence-corrected chi connectivity index (χ3v) is 7.72. The highest BCUT2D eigenvalue weighted by atomic mass is 35.5. The number of amides is 1. The number of nitrogens with two attached hydrogens (primary N) is 1. The topological polar surface area (TPSA) is 110 Å². The number of hydrogen-bond donors (Lipinski definition) is 2. The van der Waals surface area contributed by atoms with E-state index < -0.39 is 12.5 Å². The summed E-state index contributed by atoms with van der Waals surface area (Å²) in [5.74, 6) is -0.514. The minimum Gasteiger partial charge on any atom is -0.434 e. The maximum absolute atomic E-state index is 13.8. The van der Waals surface area contributed by atoms with E-state index in [1.54, 1.807) is 29.9 Å². The van der Waals surface area contributed by atoms with Gasteiger partial charge in [0.15, 0.2) is 0 Å². The van der Waals surface area contributed by atoms with Gasteiger partial charge in [0.1, 0.15) is 22.8 Å². The predicted molar refractivity (Wildman–Crippen MR) is 181 cm³/mol. The summed E-state index contributed by atoms with van der Waals surface area (Å²) in [6, 6.07) is 14.3. The number of ether oxygens (including phenoxy) is 2. The van der Waals surface area contributed by atoms with E-state index in [1.165, 1.54) is 30.5 Å². The average Bonchev–Trinajstić information content (AvgIpc) is 3.45. The van der Waals surface area contributed by atoms with Crippen LogP contribution in [-0.4, -0.2) is 78.7 Å². The Morgan fingerprint density at radius 3 is 2.60 bits per heavy atom. The second-order valence-electron chi connectivity index (χ2n) is 11.1. The number of carbonyl (C=O) groups excluding carboxylic acids is 1. The normalized spacial score (nSPS) is 14.7. The fourth-order valence-corrected chi connectivity index (χ4v) is 5.40. The number of halogens is 3. The maximum Gasteiger partial charge on any atom is 0.387 e. The molecule has 1 aliphatic rings. The van der Waals surface area contributed by atoms with Gasteiger partial charge in [-0.2, -0.15) is 13.9 Å². The summed E-state index contributed by atoms with van der Waals surface area (Å²) in [6.45, 7) is 7.90. The summed E-state index contributed by atoms with van der Waals surface area (Å²) in [5, 5.41) is 7.92. The molecule has 47 heavy (non-hydrogen) atoms. The minimum absolute atomic E-state index is 0.0183. The molecule has 1 fully saturated rings. The van der Waals surface area contributed by atoms with E-state index in [9.17, 15) is 13.6 Å². The molecule has 0 atom stereocenters. The number of hydrogen-bond acceptors (Lipinski definition) is 8. The zero-order valence-electron chi connectivity index (χ0n) is 26.5. The van der Waals surface area contributed by atoms with Gasteiger partial charge >= 0.3 is 6.61 Å². The zero-order valence-corrected chi connectivity index (χ0v) is 27.3. The summed E-state index contributed by atoms with van der Waals surface area (Å²) < 4.78 is 39.2. The van der Waals surface area contributed by atoms with Crippen molar-refractivity contribution < 1.29 is 23.0 Å². The van der Waals surface area contributed by atoms with Crippen LogP contribution in [0, 0.1) is 0 Å². The molecule has 0 aliphatic carbocycles. The van der Waals surface area contributed by atoms with Crippen LogP contribution >= 0.6 is 11.6 Å². The molecule has 250 valence electrons. The standard InChI is InChI=1S/C34H40ClF2N7O3/c1-5-15-39-32(42(3)4)30(23(2)38)33(45)40-28-21-44(41-31(28)27-20-25(35)11-12-29(27)47-34(36)37)26-13-16-43(17-14-26)18-19-46-22-24-9-7-6-8-10-24/h5-12,15,20-21,26,34H,1-2,13-14,16-19,22,38H2,3-4H3,(H,40,45)/b32-30+,39-15-. The molecule has 2 aromatic carbocycles. The molecule has 0 bridgehead atoms. The highest BCUT2D eigenvalue weighted by molar-refractivity contribution is 6.31. The molecule has 3 N–H and O–H groups in total. The van der Waals surface area contributed by atoms with Gasteiger partial charge in [-0.05, 0) is 36.6 Å². The smallest absolute Gasteiger partial charge is 0.387 e. The van der Waals surface area contributed by atoms with Crippen molar-refractivity contribution in [3.63, 3.8) is 0 Å². The fourth-order valence-electron chi connectivity index (χ4n) is 5.22. The van der Waals surface area contributed by atoms with Crippen molar-refractivity contribution >= 4 is 29.4 Å². The Bertz CT molecular complexity index is 1600. The first-order valence-corrected chi connectivity index (χ1v) is 15.5. The molecule has 10 nitrogen and oxygen atoms in total. The van der Waals surface area contributed by atoms with E-state index in [1.807, 2.05) is 30.3 Å². The number of aromatic nitrogens is 2. The molecule has 3 aromatic rings. The largest absolute Gasteiger partial charge is 0.434 e. The Morgan fingerprint density at radius 1 is 1.23 bits per heavy atom. The summed E-state index contributed by atoms with van der Waals surface area (Å²) in [6.07, 6.45) is 6.12. The number of carbonyl (C=O) groups is 1. The molecule has 0 spiro atoms. The molecule has 0 saturated carbocycles. The van der Waals surface area contributed by atoms with Crippen LogP contribution in [0.3, 0.4) is 0 Å². The highest BCUT2D eigenvalue weighted by Crippen LogP contribution is 2.38. The van der Waals surface area contributed by atoms with E-state index >= 15 is 0 Å². The van der Waals surface area contributed by atoms with Crippen LogP contribution in [0.25, 0.3) is 11.3 Å². The Hall–Kier alpha value is -4.52. The van der Waals surface area contributed by atoms with E-state index in [-0.39, 0.29) is 50.8 Å². The van der Waals surface area contributed by atoms with Gasteiger partial charge in [0.25, 0.3) is 5.91 Å². The van der Waals surface area contributed by atoms with Crippen molar-refractivity contribution in [3.8, 4) is 17.0 Å². The van der Waals surface area contributed by atoms with Crippen LogP contribution in [0.1, 0.15) is 24.4 Å². The van der Waals surface area contributed by atoms with E-state index in [0.29, 0.717) is 13.2 Å². The molecule has 1 amide bonds. The van der Waals surface area contributed by atoms with Gasteiger partial charge in [-0.1, -0.05) is 61.2 Å². The number of piperidine rings is 1. The quantitative estimate of drug-likeness (QED) is 0.0873. The minimum atomic E-state index is -3.09. The van der Waals surface area contributed by atoms with Gasteiger partial charge in [0, 0.05) is 62.4 Å². The molecule has 4 rings (SSSR count). The Kier molecular flexibility index (Phi) is 12.7. The van der Waals surface area contributed by atoms with Crippen LogP contribution in [0.5, 0.6) is 5.75 Å². The maximum atomic E-state index is 13.8. The van der Waals surface area contributed by atoms with Gasteiger partial charge in [-0.25, -0.2) is 4.99 Å². The van der Waals surface area contributed by atoms with Gasteiger partial charge in [0.05, 0.1) is 24.9 Å². The third-order valence-electron chi connectivity index (χ3n) is 7.49. The van der Waals surface area contributed by atoms with Crippen molar-refractivity contribution in [3.05, 3.63) is 102 Å². The van der Waals surface area contributed by atoms with E-state index in [2.05, 4.69) is 28.4 Å². The van der Waals surface area contributed by atoms with Crippen LogP contribution in [0.2, 0.25) is 5.02 Å². The molecule has 1 aliphatic heterocycles. The Balaban J connectivity index is 1.59. The third kappa shape index (κ3) is 9.74. The predicted octanol–water partition coefficient (Wildman–Crippen LogP) is 6.10. The zero-order chi connectivity index (χ0) is 33.9.